The normalized spacial score (nSPS) is 42.0. The molecule has 0 aromatic carbocycles. The fourth-order valence-electron chi connectivity index (χ4n) is 5.35. The van der Waals surface area contributed by atoms with Crippen molar-refractivity contribution in [2.24, 2.45) is 22.7 Å². The molecule has 1 heterocycles. The molecule has 4 heteroatoms. The first kappa shape index (κ1) is 17.4. The van der Waals surface area contributed by atoms with Crippen LogP contribution in [0.5, 0.6) is 0 Å². The first-order valence-electron chi connectivity index (χ1n) is 8.97. The molecule has 2 unspecified atom stereocenters. The van der Waals surface area contributed by atoms with Crippen LogP contribution in [0.2, 0.25) is 0 Å². The molecule has 0 aromatic heterocycles. The van der Waals surface area contributed by atoms with E-state index in [1.54, 1.807) is 0 Å². The second kappa shape index (κ2) is 5.83. The molecule has 3 aliphatic rings. The van der Waals surface area contributed by atoms with Crippen LogP contribution in [0.25, 0.3) is 0 Å². The molecule has 132 valence electrons. The number of carbonyl (C=O) groups is 2. The lowest BCUT2D eigenvalue weighted by molar-refractivity contribution is -0.151. The number of aliphatic hydroxyl groups is 1. The van der Waals surface area contributed by atoms with Crippen molar-refractivity contribution in [3.63, 3.8) is 0 Å². The topological polar surface area (TPSA) is 63.6 Å². The summed E-state index contributed by atoms with van der Waals surface area (Å²) in [6, 6.07) is 0. The second-order valence-corrected chi connectivity index (χ2v) is 8.40. The summed E-state index contributed by atoms with van der Waals surface area (Å²) in [5, 5.41) is 9.83. The highest BCUT2D eigenvalue weighted by Gasteiger charge is 2.55. The summed E-state index contributed by atoms with van der Waals surface area (Å²) in [5.41, 5.74) is 3.08. The number of rotatable bonds is 4. The van der Waals surface area contributed by atoms with Crippen LogP contribution in [-0.4, -0.2) is 23.7 Å². The molecule has 0 amide bonds. The molecular weight excluding hydrogens is 304 g/mol. The van der Waals surface area contributed by atoms with E-state index in [1.807, 2.05) is 0 Å². The minimum atomic E-state index is -1.08. The van der Waals surface area contributed by atoms with E-state index >= 15 is 0 Å². The van der Waals surface area contributed by atoms with Crippen molar-refractivity contribution in [3.05, 3.63) is 22.8 Å². The monoisotopic (exact) mass is 332 g/mol. The molecule has 0 spiro atoms. The van der Waals surface area contributed by atoms with Gasteiger partial charge in [-0.2, -0.15) is 0 Å². The maximum absolute atomic E-state index is 11.5. The lowest BCUT2D eigenvalue weighted by Crippen LogP contribution is -2.46. The third-order valence-corrected chi connectivity index (χ3v) is 7.49. The number of ether oxygens (including phenoxy) is 1. The van der Waals surface area contributed by atoms with Gasteiger partial charge in [-0.15, -0.1) is 0 Å². The summed E-state index contributed by atoms with van der Waals surface area (Å²) < 4.78 is 4.80. The first-order valence-corrected chi connectivity index (χ1v) is 8.97. The predicted octanol–water partition coefficient (Wildman–Crippen LogP) is 3.55. The fourth-order valence-corrected chi connectivity index (χ4v) is 5.35. The van der Waals surface area contributed by atoms with Crippen molar-refractivity contribution in [1.82, 2.24) is 0 Å². The number of cyclic esters (lactones) is 1. The molecule has 0 saturated heterocycles. The number of allylic oxidation sites excluding steroid dienone is 2. The Morgan fingerprint density at radius 1 is 1.42 bits per heavy atom. The Morgan fingerprint density at radius 3 is 2.71 bits per heavy atom. The lowest BCUT2D eigenvalue weighted by atomic mass is 9.50. The summed E-state index contributed by atoms with van der Waals surface area (Å²) >= 11 is 0. The van der Waals surface area contributed by atoms with Gasteiger partial charge in [-0.05, 0) is 67.3 Å². The summed E-state index contributed by atoms with van der Waals surface area (Å²) in [6.07, 6.45) is 6.07. The van der Waals surface area contributed by atoms with Gasteiger partial charge in [0.1, 0.15) is 6.29 Å². The van der Waals surface area contributed by atoms with Gasteiger partial charge in [-0.1, -0.05) is 26.3 Å². The van der Waals surface area contributed by atoms with E-state index in [-0.39, 0.29) is 10.8 Å². The van der Waals surface area contributed by atoms with Gasteiger partial charge < -0.3 is 9.84 Å². The van der Waals surface area contributed by atoms with Gasteiger partial charge in [0.2, 0.25) is 6.29 Å². The van der Waals surface area contributed by atoms with Crippen LogP contribution in [0.1, 0.15) is 59.8 Å². The summed E-state index contributed by atoms with van der Waals surface area (Å²) in [4.78, 5) is 22.8. The highest BCUT2D eigenvalue weighted by molar-refractivity contribution is 5.85. The Balaban J connectivity index is 1.84. The smallest absolute Gasteiger partial charge is 0.333 e. The van der Waals surface area contributed by atoms with E-state index in [0.29, 0.717) is 23.8 Å². The van der Waals surface area contributed by atoms with Crippen molar-refractivity contribution >= 4 is 12.3 Å². The van der Waals surface area contributed by atoms with Crippen LogP contribution in [-0.2, 0) is 14.3 Å². The van der Waals surface area contributed by atoms with E-state index in [1.165, 1.54) is 11.6 Å². The van der Waals surface area contributed by atoms with Crippen molar-refractivity contribution in [2.75, 3.05) is 0 Å². The van der Waals surface area contributed by atoms with Crippen LogP contribution in [0.15, 0.2) is 22.8 Å². The molecule has 0 bridgehead atoms. The zero-order valence-corrected chi connectivity index (χ0v) is 15.1. The summed E-state index contributed by atoms with van der Waals surface area (Å²) in [5.74, 6) is 0.528. The maximum Gasteiger partial charge on any atom is 0.333 e. The number of fused-ring (bicyclic) bond motifs is 1. The van der Waals surface area contributed by atoms with Crippen molar-refractivity contribution in [2.45, 2.75) is 66.1 Å². The highest BCUT2D eigenvalue weighted by Crippen LogP contribution is 2.64. The van der Waals surface area contributed by atoms with Gasteiger partial charge in [-0.25, -0.2) is 4.79 Å². The predicted molar refractivity (Wildman–Crippen MR) is 90.9 cm³/mol. The number of hydrogen-bond donors (Lipinski definition) is 1. The number of aliphatic hydroxyl groups excluding tert-OH is 1. The second-order valence-electron chi connectivity index (χ2n) is 8.40. The molecule has 3 rings (SSSR count). The minimum Gasteiger partial charge on any atom is -0.429 e. The Hall–Kier alpha value is -1.42. The molecule has 2 aliphatic carbocycles. The summed E-state index contributed by atoms with van der Waals surface area (Å²) in [7, 11) is 0. The lowest BCUT2D eigenvalue weighted by Gasteiger charge is -2.54. The van der Waals surface area contributed by atoms with E-state index in [9.17, 15) is 14.7 Å². The van der Waals surface area contributed by atoms with Crippen molar-refractivity contribution in [3.8, 4) is 0 Å². The Labute approximate surface area is 144 Å². The Morgan fingerprint density at radius 2 is 2.12 bits per heavy atom. The first-order chi connectivity index (χ1) is 11.2. The molecular formula is C20H28O4. The number of esters is 1. The van der Waals surface area contributed by atoms with Crippen molar-refractivity contribution in [1.29, 1.82) is 0 Å². The molecule has 0 aromatic rings. The fraction of sp³-hybridized carbons (Fsp3) is 0.700. The largest absolute Gasteiger partial charge is 0.429 e. The van der Waals surface area contributed by atoms with Gasteiger partial charge in [-0.3, -0.25) is 4.79 Å². The van der Waals surface area contributed by atoms with Crippen molar-refractivity contribution < 1.29 is 19.4 Å². The summed E-state index contributed by atoms with van der Waals surface area (Å²) in [6.45, 7) is 9.06. The van der Waals surface area contributed by atoms with E-state index in [0.717, 1.165) is 37.5 Å². The third-order valence-electron chi connectivity index (χ3n) is 7.49. The quantitative estimate of drug-likeness (QED) is 0.632. The average Bonchev–Trinajstić information content (AvgIpc) is 3.00. The molecule has 24 heavy (non-hydrogen) atoms. The number of carbonyl (C=O) groups excluding carboxylic acids is 2. The highest BCUT2D eigenvalue weighted by atomic mass is 16.6. The van der Waals surface area contributed by atoms with E-state index in [4.69, 9.17) is 4.74 Å². The Bertz CT molecular complexity index is 632. The van der Waals surface area contributed by atoms with E-state index in [2.05, 4.69) is 27.7 Å². The third kappa shape index (κ3) is 2.46. The standard InChI is InChI=1S/C20H28O4/c1-12-5-7-20(4)13(2)15(11-21)9-16(20)19(12,3)8-6-14-10-17(22)24-18(14)23/h10-12,16,18,23H,5-9H2,1-4H3/t12?,16-,18?,19+,20+/m1/s1. The number of aldehydes is 1. The van der Waals surface area contributed by atoms with Crippen LogP contribution in [0.3, 0.4) is 0 Å². The molecule has 1 fully saturated rings. The zero-order chi connectivity index (χ0) is 17.7. The van der Waals surface area contributed by atoms with Crippen LogP contribution < -0.4 is 0 Å². The molecule has 1 N–H and O–H groups in total. The molecule has 1 saturated carbocycles. The number of hydrogen-bond acceptors (Lipinski definition) is 4. The van der Waals surface area contributed by atoms with Gasteiger partial charge in [0.05, 0.1) is 0 Å². The minimum absolute atomic E-state index is 0.0746. The molecule has 1 aliphatic heterocycles. The molecule has 4 nitrogen and oxygen atoms in total. The van der Waals surface area contributed by atoms with Crippen LogP contribution in [0.4, 0.5) is 0 Å². The zero-order valence-electron chi connectivity index (χ0n) is 15.1. The average molecular weight is 332 g/mol. The van der Waals surface area contributed by atoms with Crippen LogP contribution in [0, 0.1) is 22.7 Å². The van der Waals surface area contributed by atoms with Gasteiger partial charge in [0, 0.05) is 11.6 Å². The van der Waals surface area contributed by atoms with Gasteiger partial charge in [0.25, 0.3) is 0 Å². The Kier molecular flexibility index (Phi) is 4.23. The van der Waals surface area contributed by atoms with Gasteiger partial charge >= 0.3 is 5.97 Å². The molecule has 0 radical (unpaired) electrons. The van der Waals surface area contributed by atoms with Gasteiger partial charge in [0.15, 0.2) is 0 Å². The van der Waals surface area contributed by atoms with Crippen LogP contribution >= 0.6 is 0 Å². The maximum atomic E-state index is 11.5. The molecule has 5 atom stereocenters. The SMILES string of the molecule is CC1=C(C=O)C[C@H]2[C@@]1(C)CCC(C)[C@]2(C)CCC1=CC(=O)OC1O. The van der Waals surface area contributed by atoms with E-state index < -0.39 is 12.3 Å².